The van der Waals surface area contributed by atoms with Crippen molar-refractivity contribution in [3.05, 3.63) is 35.9 Å². The minimum Gasteiger partial charge on any atom is -0.392 e. The third kappa shape index (κ3) is 3.16. The Morgan fingerprint density at radius 1 is 1.17 bits per heavy atom. The molecule has 3 aliphatic rings. The fourth-order valence-corrected chi connectivity index (χ4v) is 4.55. The Hall–Kier alpha value is -0.980. The van der Waals surface area contributed by atoms with Crippen LogP contribution in [0.4, 0.5) is 0 Å². The Kier molecular flexibility index (Phi) is 4.39. The summed E-state index contributed by atoms with van der Waals surface area (Å²) in [5, 5.41) is 9.93. The average Bonchev–Trinajstić information content (AvgIpc) is 3.14. The summed E-state index contributed by atoms with van der Waals surface area (Å²) in [6.45, 7) is 7.50. The molecule has 5 nitrogen and oxygen atoms in total. The van der Waals surface area contributed by atoms with Crippen LogP contribution in [-0.2, 0) is 0 Å². The predicted octanol–water partition coefficient (Wildman–Crippen LogP) is 0.591. The molecule has 0 aliphatic carbocycles. The Morgan fingerprint density at radius 3 is 2.83 bits per heavy atom. The predicted molar refractivity (Wildman–Crippen MR) is 90.8 cm³/mol. The van der Waals surface area contributed by atoms with Crippen LogP contribution >= 0.6 is 0 Å². The second-order valence-electron chi connectivity index (χ2n) is 7.47. The van der Waals surface area contributed by atoms with E-state index in [1.165, 1.54) is 5.56 Å². The maximum Gasteiger partial charge on any atom is 0.0682 e. The summed E-state index contributed by atoms with van der Waals surface area (Å²) in [5.41, 5.74) is 8.17. The molecule has 0 amide bonds. The molecule has 5 atom stereocenters. The largest absolute Gasteiger partial charge is 0.392 e. The van der Waals surface area contributed by atoms with Gasteiger partial charge in [0.15, 0.2) is 0 Å². The van der Waals surface area contributed by atoms with Gasteiger partial charge >= 0.3 is 0 Å². The lowest BCUT2D eigenvalue weighted by molar-refractivity contribution is 0.0468. The molecule has 3 fully saturated rings. The van der Waals surface area contributed by atoms with E-state index < -0.39 is 0 Å². The van der Waals surface area contributed by atoms with Crippen LogP contribution in [0.2, 0.25) is 0 Å². The first-order chi connectivity index (χ1) is 11.2. The molecule has 3 saturated heterocycles. The summed E-state index contributed by atoms with van der Waals surface area (Å²) in [4.78, 5) is 5.11. The molecule has 0 spiro atoms. The molecule has 1 aromatic rings. The van der Waals surface area contributed by atoms with Gasteiger partial charge in [0.1, 0.15) is 0 Å². The highest BCUT2D eigenvalue weighted by atomic mass is 16.3. The SMILES string of the molecule is C[C@H]1CN2C[C@H](O)CC2CN1CC1CNNC1c1ccccc1. The van der Waals surface area contributed by atoms with Crippen LogP contribution in [0.3, 0.4) is 0 Å². The Balaban J connectivity index is 1.43. The van der Waals surface area contributed by atoms with Gasteiger partial charge < -0.3 is 5.11 Å². The fraction of sp³-hybridized carbons (Fsp3) is 0.667. The molecule has 23 heavy (non-hydrogen) atoms. The topological polar surface area (TPSA) is 50.8 Å². The van der Waals surface area contributed by atoms with E-state index in [2.05, 4.69) is 57.9 Å². The number of aliphatic hydroxyl groups excluding tert-OH is 1. The maximum absolute atomic E-state index is 9.93. The first-order valence-corrected chi connectivity index (χ1v) is 8.90. The second-order valence-corrected chi connectivity index (χ2v) is 7.47. The number of piperazine rings is 1. The molecule has 5 heteroatoms. The molecule has 0 radical (unpaired) electrons. The average molecular weight is 316 g/mol. The summed E-state index contributed by atoms with van der Waals surface area (Å²) in [6, 6.07) is 12.2. The monoisotopic (exact) mass is 316 g/mol. The third-order valence-corrected chi connectivity index (χ3v) is 5.79. The zero-order valence-corrected chi connectivity index (χ0v) is 13.9. The van der Waals surface area contributed by atoms with Crippen LogP contribution < -0.4 is 10.9 Å². The summed E-state index contributed by atoms with van der Waals surface area (Å²) in [5.74, 6) is 0.581. The van der Waals surface area contributed by atoms with Crippen molar-refractivity contribution in [1.29, 1.82) is 0 Å². The molecule has 3 aliphatic heterocycles. The molecular weight excluding hydrogens is 288 g/mol. The van der Waals surface area contributed by atoms with Crippen molar-refractivity contribution in [3.8, 4) is 0 Å². The zero-order chi connectivity index (χ0) is 15.8. The van der Waals surface area contributed by atoms with E-state index >= 15 is 0 Å². The molecule has 3 heterocycles. The number of rotatable bonds is 3. The first kappa shape index (κ1) is 15.5. The molecule has 3 unspecified atom stereocenters. The smallest absolute Gasteiger partial charge is 0.0682 e. The normalized spacial score (nSPS) is 38.8. The molecule has 0 aromatic heterocycles. The molecular formula is C18H28N4O. The lowest BCUT2D eigenvalue weighted by Gasteiger charge is -2.43. The van der Waals surface area contributed by atoms with Gasteiger partial charge in [0, 0.05) is 50.7 Å². The van der Waals surface area contributed by atoms with Crippen LogP contribution in [0, 0.1) is 5.92 Å². The number of nitrogens with zero attached hydrogens (tertiary/aromatic N) is 2. The number of nitrogens with one attached hydrogen (secondary N) is 2. The Labute approximate surface area is 138 Å². The number of hydrogen-bond donors (Lipinski definition) is 3. The standard InChI is InChI=1S/C18H28N4O/c1-13-9-22-12-17(23)7-16(22)11-21(13)10-15-8-19-20-18(15)14-5-3-2-4-6-14/h2-6,13,15-20,23H,7-12H2,1H3/t13-,15?,16?,17+,18?/m0/s1. The number of aliphatic hydroxyl groups is 1. The molecule has 1 aromatic carbocycles. The van der Waals surface area contributed by atoms with Crippen LogP contribution in [0.25, 0.3) is 0 Å². The van der Waals surface area contributed by atoms with E-state index in [4.69, 9.17) is 0 Å². The van der Waals surface area contributed by atoms with Gasteiger partial charge in [0.05, 0.1) is 12.1 Å². The van der Waals surface area contributed by atoms with Gasteiger partial charge in [-0.3, -0.25) is 15.2 Å². The second kappa shape index (κ2) is 6.49. The van der Waals surface area contributed by atoms with Crippen LogP contribution in [-0.4, -0.2) is 65.8 Å². The Morgan fingerprint density at radius 2 is 2.00 bits per heavy atom. The van der Waals surface area contributed by atoms with Crippen LogP contribution in [0.15, 0.2) is 30.3 Å². The number of hydrazine groups is 1. The first-order valence-electron chi connectivity index (χ1n) is 8.90. The Bertz CT molecular complexity index is 525. The quantitative estimate of drug-likeness (QED) is 0.762. The van der Waals surface area contributed by atoms with E-state index in [1.807, 2.05) is 0 Å². The van der Waals surface area contributed by atoms with Gasteiger partial charge in [-0.05, 0) is 18.9 Å². The minimum absolute atomic E-state index is 0.126. The highest BCUT2D eigenvalue weighted by Gasteiger charge is 2.40. The lowest BCUT2D eigenvalue weighted by Crippen LogP contribution is -2.56. The number of fused-ring (bicyclic) bond motifs is 1. The van der Waals surface area contributed by atoms with E-state index in [9.17, 15) is 5.11 Å². The van der Waals surface area contributed by atoms with Crippen molar-refractivity contribution < 1.29 is 5.11 Å². The number of hydrogen-bond acceptors (Lipinski definition) is 5. The van der Waals surface area contributed by atoms with E-state index in [0.29, 0.717) is 24.0 Å². The summed E-state index contributed by atoms with van der Waals surface area (Å²) in [6.07, 6.45) is 0.811. The fourth-order valence-electron chi connectivity index (χ4n) is 4.55. The highest BCUT2D eigenvalue weighted by Crippen LogP contribution is 2.29. The van der Waals surface area contributed by atoms with Gasteiger partial charge in [-0.2, -0.15) is 0 Å². The zero-order valence-electron chi connectivity index (χ0n) is 13.9. The molecule has 126 valence electrons. The van der Waals surface area contributed by atoms with Crippen molar-refractivity contribution in [2.75, 3.05) is 32.7 Å². The van der Waals surface area contributed by atoms with E-state index in [0.717, 1.165) is 39.1 Å². The van der Waals surface area contributed by atoms with Gasteiger partial charge in [-0.25, -0.2) is 5.43 Å². The molecule has 0 saturated carbocycles. The highest BCUT2D eigenvalue weighted by molar-refractivity contribution is 5.20. The lowest BCUT2D eigenvalue weighted by atomic mass is 9.93. The van der Waals surface area contributed by atoms with Gasteiger partial charge in [-0.15, -0.1) is 0 Å². The minimum atomic E-state index is -0.126. The van der Waals surface area contributed by atoms with Gasteiger partial charge in [0.2, 0.25) is 0 Å². The summed E-state index contributed by atoms with van der Waals surface area (Å²) in [7, 11) is 0. The molecule has 3 N–H and O–H groups in total. The third-order valence-electron chi connectivity index (χ3n) is 5.79. The van der Waals surface area contributed by atoms with Crippen molar-refractivity contribution in [3.63, 3.8) is 0 Å². The number of benzene rings is 1. The molecule has 4 rings (SSSR count). The van der Waals surface area contributed by atoms with Crippen LogP contribution in [0.5, 0.6) is 0 Å². The van der Waals surface area contributed by atoms with Crippen molar-refractivity contribution in [1.82, 2.24) is 20.7 Å². The van der Waals surface area contributed by atoms with Crippen molar-refractivity contribution in [2.24, 2.45) is 5.92 Å². The summed E-state index contributed by atoms with van der Waals surface area (Å²) >= 11 is 0. The van der Waals surface area contributed by atoms with Crippen molar-refractivity contribution >= 4 is 0 Å². The van der Waals surface area contributed by atoms with Gasteiger partial charge in [0.25, 0.3) is 0 Å². The van der Waals surface area contributed by atoms with Crippen LogP contribution in [0.1, 0.15) is 24.9 Å². The van der Waals surface area contributed by atoms with Crippen molar-refractivity contribution in [2.45, 2.75) is 37.6 Å². The van der Waals surface area contributed by atoms with Gasteiger partial charge in [-0.1, -0.05) is 30.3 Å². The molecule has 0 bridgehead atoms. The van der Waals surface area contributed by atoms with E-state index in [1.54, 1.807) is 0 Å². The van der Waals surface area contributed by atoms with E-state index in [-0.39, 0.29) is 6.10 Å². The summed E-state index contributed by atoms with van der Waals surface area (Å²) < 4.78 is 0. The maximum atomic E-state index is 9.93.